The first-order chi connectivity index (χ1) is 15.7. The molecule has 6 heteroatoms. The first kappa shape index (κ1) is 19.2. The van der Waals surface area contributed by atoms with Crippen molar-refractivity contribution in [1.82, 2.24) is 20.3 Å². The van der Waals surface area contributed by atoms with Crippen LogP contribution in [0.1, 0.15) is 24.9 Å². The second kappa shape index (κ2) is 7.88. The maximum atomic E-state index is 5.08. The number of rotatable bonds is 5. The Kier molecular flexibility index (Phi) is 4.72. The molecule has 6 rings (SSSR count). The van der Waals surface area contributed by atoms with E-state index in [0.29, 0.717) is 12.1 Å². The lowest BCUT2D eigenvalue weighted by atomic mass is 10.1. The van der Waals surface area contributed by atoms with Gasteiger partial charge in [0, 0.05) is 48.4 Å². The van der Waals surface area contributed by atoms with Crippen LogP contribution in [0.3, 0.4) is 0 Å². The van der Waals surface area contributed by atoms with Crippen molar-refractivity contribution < 1.29 is 0 Å². The predicted octanol–water partition coefficient (Wildman–Crippen LogP) is 4.42. The zero-order chi connectivity index (χ0) is 21.5. The van der Waals surface area contributed by atoms with Crippen LogP contribution in [0, 0.1) is 0 Å². The number of pyridine rings is 1. The highest BCUT2D eigenvalue weighted by molar-refractivity contribution is 5.91. The first-order valence-electron chi connectivity index (χ1n) is 11.3. The highest BCUT2D eigenvalue weighted by Gasteiger charge is 2.39. The molecule has 2 fully saturated rings. The van der Waals surface area contributed by atoms with Crippen LogP contribution in [-0.4, -0.2) is 40.1 Å². The Morgan fingerprint density at radius 1 is 1.03 bits per heavy atom. The van der Waals surface area contributed by atoms with E-state index in [1.165, 1.54) is 12.0 Å². The fourth-order valence-electron chi connectivity index (χ4n) is 4.92. The van der Waals surface area contributed by atoms with Gasteiger partial charge in [-0.15, -0.1) is 0 Å². The van der Waals surface area contributed by atoms with Gasteiger partial charge in [-0.05, 0) is 43.2 Å². The topological polar surface area (TPSA) is 66.0 Å². The standard InChI is InChI=1S/C26H26N6/c1-17(18-7-3-2-4-8-18)29-24-13-19(11-12-27-24)25-30-23-10-6-5-9-22(23)26(31-25)32-16-20-14-21(32)15-28-20/h2-13,17,20-21,28H,14-16H2,1H3,(H,27,29)/t17-,20-,21-/m0/s1. The van der Waals surface area contributed by atoms with E-state index in [4.69, 9.17) is 9.97 Å². The number of fused-ring (bicyclic) bond motifs is 3. The average molecular weight is 423 g/mol. The number of anilines is 2. The molecule has 3 atom stereocenters. The van der Waals surface area contributed by atoms with E-state index in [-0.39, 0.29) is 6.04 Å². The van der Waals surface area contributed by atoms with Gasteiger partial charge in [0.15, 0.2) is 5.82 Å². The lowest BCUT2D eigenvalue weighted by Gasteiger charge is -2.29. The van der Waals surface area contributed by atoms with Gasteiger partial charge in [0.25, 0.3) is 0 Å². The molecule has 2 bridgehead atoms. The number of hydrogen-bond donors (Lipinski definition) is 2. The quantitative estimate of drug-likeness (QED) is 0.497. The Bertz CT molecular complexity index is 1260. The first-order valence-corrected chi connectivity index (χ1v) is 11.3. The van der Waals surface area contributed by atoms with Gasteiger partial charge < -0.3 is 15.5 Å². The van der Waals surface area contributed by atoms with Crippen LogP contribution in [-0.2, 0) is 0 Å². The van der Waals surface area contributed by atoms with Crippen molar-refractivity contribution in [2.45, 2.75) is 31.5 Å². The van der Waals surface area contributed by atoms with Gasteiger partial charge in [-0.3, -0.25) is 0 Å². The number of hydrogen-bond acceptors (Lipinski definition) is 6. The van der Waals surface area contributed by atoms with E-state index >= 15 is 0 Å². The van der Waals surface area contributed by atoms with Crippen molar-refractivity contribution in [3.8, 4) is 11.4 Å². The molecule has 4 heterocycles. The summed E-state index contributed by atoms with van der Waals surface area (Å²) in [6.45, 7) is 4.17. The molecule has 0 saturated carbocycles. The lowest BCUT2D eigenvalue weighted by molar-refractivity contribution is 0.577. The Morgan fingerprint density at radius 2 is 1.88 bits per heavy atom. The van der Waals surface area contributed by atoms with E-state index in [9.17, 15) is 0 Å². The van der Waals surface area contributed by atoms with Gasteiger partial charge in [-0.2, -0.15) is 0 Å². The van der Waals surface area contributed by atoms with Crippen LogP contribution in [0.2, 0.25) is 0 Å². The zero-order valence-electron chi connectivity index (χ0n) is 18.1. The van der Waals surface area contributed by atoms with E-state index in [1.54, 1.807) is 0 Å². The SMILES string of the molecule is C[C@H](Nc1cc(-c2nc(N3C[C@@H]4C[C@H]3CN4)c3ccccc3n2)ccn1)c1ccccc1. The van der Waals surface area contributed by atoms with Crippen LogP contribution in [0.15, 0.2) is 72.9 Å². The van der Waals surface area contributed by atoms with Gasteiger partial charge in [-0.25, -0.2) is 15.0 Å². The van der Waals surface area contributed by atoms with Gasteiger partial charge in [0.05, 0.1) is 5.52 Å². The summed E-state index contributed by atoms with van der Waals surface area (Å²) in [7, 11) is 0. The summed E-state index contributed by atoms with van der Waals surface area (Å²) in [6, 6.07) is 24.0. The molecule has 2 aromatic heterocycles. The summed E-state index contributed by atoms with van der Waals surface area (Å²) in [4.78, 5) is 17.0. The molecular formula is C26H26N6. The second-order valence-corrected chi connectivity index (χ2v) is 8.74. The van der Waals surface area contributed by atoms with Crippen LogP contribution >= 0.6 is 0 Å². The molecule has 0 aliphatic carbocycles. The van der Waals surface area contributed by atoms with Gasteiger partial charge in [0.2, 0.25) is 0 Å². The van der Waals surface area contributed by atoms with Crippen molar-refractivity contribution in [3.63, 3.8) is 0 Å². The molecule has 6 nitrogen and oxygen atoms in total. The third-order valence-corrected chi connectivity index (χ3v) is 6.59. The number of benzene rings is 2. The molecule has 4 aromatic rings. The number of aromatic nitrogens is 3. The van der Waals surface area contributed by atoms with Crippen LogP contribution in [0.25, 0.3) is 22.3 Å². The third kappa shape index (κ3) is 3.46. The summed E-state index contributed by atoms with van der Waals surface area (Å²) in [5, 5.41) is 8.22. The Morgan fingerprint density at radius 3 is 2.69 bits per heavy atom. The second-order valence-electron chi connectivity index (χ2n) is 8.74. The summed E-state index contributed by atoms with van der Waals surface area (Å²) >= 11 is 0. The van der Waals surface area contributed by atoms with Gasteiger partial charge >= 0.3 is 0 Å². The largest absolute Gasteiger partial charge is 0.364 e. The zero-order valence-corrected chi connectivity index (χ0v) is 18.1. The molecule has 2 aliphatic heterocycles. The normalized spacial score (nSPS) is 20.6. The van der Waals surface area contributed by atoms with Crippen molar-refractivity contribution in [2.24, 2.45) is 0 Å². The summed E-state index contributed by atoms with van der Waals surface area (Å²) in [5.74, 6) is 2.61. The fraction of sp³-hybridized carbons (Fsp3) is 0.269. The molecule has 2 saturated heterocycles. The lowest BCUT2D eigenvalue weighted by Crippen LogP contribution is -2.44. The molecule has 32 heavy (non-hydrogen) atoms. The highest BCUT2D eigenvalue weighted by atomic mass is 15.3. The molecule has 2 aliphatic rings. The summed E-state index contributed by atoms with van der Waals surface area (Å²) in [6.07, 6.45) is 3.02. The van der Waals surface area contributed by atoms with Gasteiger partial charge in [0.1, 0.15) is 11.6 Å². The monoisotopic (exact) mass is 422 g/mol. The highest BCUT2D eigenvalue weighted by Crippen LogP contribution is 2.34. The number of piperazine rings is 1. The molecule has 0 spiro atoms. The molecule has 2 aromatic carbocycles. The number of nitrogens with one attached hydrogen (secondary N) is 2. The minimum Gasteiger partial charge on any atom is -0.364 e. The Hall–Kier alpha value is -3.51. The maximum absolute atomic E-state index is 5.08. The van der Waals surface area contributed by atoms with E-state index < -0.39 is 0 Å². The summed E-state index contributed by atoms with van der Waals surface area (Å²) in [5.41, 5.74) is 3.17. The van der Waals surface area contributed by atoms with E-state index in [2.05, 4.69) is 69.9 Å². The van der Waals surface area contributed by atoms with Crippen LogP contribution in [0.4, 0.5) is 11.6 Å². The summed E-state index contributed by atoms with van der Waals surface area (Å²) < 4.78 is 0. The minimum absolute atomic E-state index is 0.152. The Labute approximate surface area is 187 Å². The number of para-hydroxylation sites is 1. The van der Waals surface area contributed by atoms with Crippen LogP contribution < -0.4 is 15.5 Å². The minimum atomic E-state index is 0.152. The molecule has 160 valence electrons. The molecule has 0 radical (unpaired) electrons. The van der Waals surface area contributed by atoms with E-state index in [1.807, 2.05) is 30.5 Å². The molecule has 0 unspecified atom stereocenters. The Balaban J connectivity index is 1.36. The van der Waals surface area contributed by atoms with E-state index in [0.717, 1.165) is 47.0 Å². The third-order valence-electron chi connectivity index (χ3n) is 6.59. The number of nitrogens with zero attached hydrogens (tertiary/aromatic N) is 4. The van der Waals surface area contributed by atoms with Crippen molar-refractivity contribution in [1.29, 1.82) is 0 Å². The maximum Gasteiger partial charge on any atom is 0.162 e. The average Bonchev–Trinajstić information content (AvgIpc) is 3.48. The molecular weight excluding hydrogens is 396 g/mol. The van der Waals surface area contributed by atoms with Crippen LogP contribution in [0.5, 0.6) is 0 Å². The van der Waals surface area contributed by atoms with Crippen molar-refractivity contribution in [3.05, 3.63) is 78.5 Å². The smallest absolute Gasteiger partial charge is 0.162 e. The molecule has 2 N–H and O–H groups in total. The predicted molar refractivity (Wildman–Crippen MR) is 129 cm³/mol. The van der Waals surface area contributed by atoms with Crippen molar-refractivity contribution >= 4 is 22.5 Å². The van der Waals surface area contributed by atoms with Gasteiger partial charge in [-0.1, -0.05) is 42.5 Å². The van der Waals surface area contributed by atoms with Crippen molar-refractivity contribution in [2.75, 3.05) is 23.3 Å². The molecule has 0 amide bonds. The fourth-order valence-corrected chi connectivity index (χ4v) is 4.92.